The lowest BCUT2D eigenvalue weighted by Gasteiger charge is -2.29. The highest BCUT2D eigenvalue weighted by atomic mass is 16.1. The van der Waals surface area contributed by atoms with Gasteiger partial charge in [0.1, 0.15) is 5.82 Å². The third-order valence-corrected chi connectivity index (χ3v) is 4.62. The molecule has 0 atom stereocenters. The minimum atomic E-state index is -0.0427. The highest BCUT2D eigenvalue weighted by molar-refractivity contribution is 6.04. The Hall–Kier alpha value is -2.88. The predicted octanol–water partition coefficient (Wildman–Crippen LogP) is 4.77. The minimum absolute atomic E-state index is 0.0427. The molecule has 25 heavy (non-hydrogen) atoms. The first-order chi connectivity index (χ1) is 12.0. The summed E-state index contributed by atoms with van der Waals surface area (Å²) in [5.41, 5.74) is 3.62. The molecule has 0 aliphatic heterocycles. The molecule has 0 amide bonds. The summed E-state index contributed by atoms with van der Waals surface area (Å²) in [4.78, 5) is 17.4. The Morgan fingerprint density at radius 3 is 2.52 bits per heavy atom. The number of nitrogens with zero attached hydrogens (tertiary/aromatic N) is 2. The van der Waals surface area contributed by atoms with Crippen LogP contribution in [0.4, 0.5) is 11.4 Å². The summed E-state index contributed by atoms with van der Waals surface area (Å²) >= 11 is 0. The summed E-state index contributed by atoms with van der Waals surface area (Å²) in [6.45, 7) is 4.29. The second-order valence-corrected chi connectivity index (χ2v) is 7.35. The lowest BCUT2D eigenvalue weighted by molar-refractivity contribution is 0.0912. The summed E-state index contributed by atoms with van der Waals surface area (Å²) in [6, 6.07) is 15.8. The first-order valence-corrected chi connectivity index (χ1v) is 8.54. The maximum atomic E-state index is 12.9. The van der Waals surface area contributed by atoms with Gasteiger partial charge in [-0.15, -0.1) is 0 Å². The van der Waals surface area contributed by atoms with Gasteiger partial charge in [0.15, 0.2) is 5.78 Å². The van der Waals surface area contributed by atoms with E-state index in [-0.39, 0.29) is 11.2 Å². The molecule has 0 saturated carbocycles. The summed E-state index contributed by atoms with van der Waals surface area (Å²) < 4.78 is 2.05. The van der Waals surface area contributed by atoms with Gasteiger partial charge in [0.25, 0.3) is 0 Å². The van der Waals surface area contributed by atoms with Crippen molar-refractivity contribution in [2.24, 2.45) is 5.41 Å². The standard InChI is InChI=1S/C21H21N3O/c1-21(2)12-17-20(18(25)13-21)16(23-15-8-4-3-5-9-15)14-24(17)19-10-6-7-11-22-19/h3-11,14,23H,12-13H2,1-2H3. The highest BCUT2D eigenvalue weighted by Crippen LogP contribution is 2.40. The maximum absolute atomic E-state index is 12.9. The molecule has 4 nitrogen and oxygen atoms in total. The van der Waals surface area contributed by atoms with Crippen LogP contribution in [0.25, 0.3) is 5.82 Å². The van der Waals surface area contributed by atoms with Crippen LogP contribution < -0.4 is 5.32 Å². The number of ketones is 1. The molecule has 1 aromatic carbocycles. The van der Waals surface area contributed by atoms with E-state index in [2.05, 4.69) is 28.7 Å². The molecular weight excluding hydrogens is 310 g/mol. The number of Topliss-reactive ketones (excluding diaryl/α,β-unsaturated/α-hetero) is 1. The molecule has 0 unspecified atom stereocenters. The Kier molecular flexibility index (Phi) is 3.68. The number of hydrogen-bond donors (Lipinski definition) is 1. The van der Waals surface area contributed by atoms with E-state index in [9.17, 15) is 4.79 Å². The average Bonchev–Trinajstić information content (AvgIpc) is 2.93. The largest absolute Gasteiger partial charge is 0.354 e. The van der Waals surface area contributed by atoms with Crippen molar-refractivity contribution in [3.8, 4) is 5.82 Å². The number of fused-ring (bicyclic) bond motifs is 1. The normalized spacial score (nSPS) is 15.7. The number of nitrogens with one attached hydrogen (secondary N) is 1. The third kappa shape index (κ3) is 2.95. The SMILES string of the molecule is CC1(C)CC(=O)c2c(Nc3ccccc3)cn(-c3ccccn3)c2C1. The molecule has 0 bridgehead atoms. The number of aromatic nitrogens is 2. The topological polar surface area (TPSA) is 46.9 Å². The van der Waals surface area contributed by atoms with Crippen molar-refractivity contribution < 1.29 is 4.79 Å². The summed E-state index contributed by atoms with van der Waals surface area (Å²) in [5, 5.41) is 3.41. The molecule has 1 aliphatic rings. The van der Waals surface area contributed by atoms with Gasteiger partial charge in [-0.05, 0) is 36.1 Å². The Morgan fingerprint density at radius 2 is 1.80 bits per heavy atom. The van der Waals surface area contributed by atoms with E-state index in [1.54, 1.807) is 6.20 Å². The van der Waals surface area contributed by atoms with E-state index in [4.69, 9.17) is 0 Å². The number of anilines is 2. The number of rotatable bonds is 3. The van der Waals surface area contributed by atoms with Gasteiger partial charge in [-0.25, -0.2) is 4.98 Å². The quantitative estimate of drug-likeness (QED) is 0.752. The monoisotopic (exact) mass is 331 g/mol. The molecule has 1 aliphatic carbocycles. The fourth-order valence-corrected chi connectivity index (χ4v) is 3.54. The van der Waals surface area contributed by atoms with E-state index in [0.717, 1.165) is 34.9 Å². The first-order valence-electron chi connectivity index (χ1n) is 8.54. The van der Waals surface area contributed by atoms with Crippen molar-refractivity contribution in [3.63, 3.8) is 0 Å². The lowest BCUT2D eigenvalue weighted by Crippen LogP contribution is -2.28. The second kappa shape index (κ2) is 5.88. The summed E-state index contributed by atoms with van der Waals surface area (Å²) in [6.07, 6.45) is 5.19. The molecule has 2 heterocycles. The molecule has 4 rings (SSSR count). The number of pyridine rings is 1. The zero-order chi connectivity index (χ0) is 17.4. The van der Waals surface area contributed by atoms with Gasteiger partial charge < -0.3 is 9.88 Å². The van der Waals surface area contributed by atoms with E-state index in [0.29, 0.717) is 6.42 Å². The maximum Gasteiger partial charge on any atom is 0.167 e. The van der Waals surface area contributed by atoms with Crippen LogP contribution >= 0.6 is 0 Å². The van der Waals surface area contributed by atoms with Crippen LogP contribution in [0.5, 0.6) is 0 Å². The number of benzene rings is 1. The Labute approximate surface area is 147 Å². The number of hydrogen-bond acceptors (Lipinski definition) is 3. The second-order valence-electron chi connectivity index (χ2n) is 7.35. The van der Waals surface area contributed by atoms with E-state index in [1.807, 2.05) is 54.7 Å². The van der Waals surface area contributed by atoms with Crippen molar-refractivity contribution in [1.29, 1.82) is 0 Å². The number of para-hydroxylation sites is 1. The molecule has 4 heteroatoms. The zero-order valence-electron chi connectivity index (χ0n) is 14.5. The van der Waals surface area contributed by atoms with Crippen LogP contribution in [0.2, 0.25) is 0 Å². The van der Waals surface area contributed by atoms with Gasteiger partial charge >= 0.3 is 0 Å². The van der Waals surface area contributed by atoms with Gasteiger partial charge in [0, 0.05) is 30.2 Å². The van der Waals surface area contributed by atoms with Crippen molar-refractivity contribution in [1.82, 2.24) is 9.55 Å². The lowest BCUT2D eigenvalue weighted by atomic mass is 9.76. The van der Waals surface area contributed by atoms with Gasteiger partial charge in [-0.1, -0.05) is 38.1 Å². The van der Waals surface area contributed by atoms with Crippen molar-refractivity contribution >= 4 is 17.2 Å². The van der Waals surface area contributed by atoms with Crippen LogP contribution in [0.15, 0.2) is 60.9 Å². The van der Waals surface area contributed by atoms with E-state index >= 15 is 0 Å². The molecule has 3 aromatic rings. The van der Waals surface area contributed by atoms with Crippen molar-refractivity contribution in [2.45, 2.75) is 26.7 Å². The fourth-order valence-electron chi connectivity index (χ4n) is 3.54. The summed E-state index contributed by atoms with van der Waals surface area (Å²) in [7, 11) is 0. The molecule has 126 valence electrons. The minimum Gasteiger partial charge on any atom is -0.354 e. The Bertz CT molecular complexity index is 911. The zero-order valence-corrected chi connectivity index (χ0v) is 14.5. The van der Waals surface area contributed by atoms with Gasteiger partial charge in [0.2, 0.25) is 0 Å². The average molecular weight is 331 g/mol. The summed E-state index contributed by atoms with van der Waals surface area (Å²) in [5.74, 6) is 1.03. The van der Waals surface area contributed by atoms with Crippen LogP contribution in [0, 0.1) is 5.41 Å². The van der Waals surface area contributed by atoms with Gasteiger partial charge in [-0.2, -0.15) is 0 Å². The van der Waals surface area contributed by atoms with E-state index < -0.39 is 0 Å². The molecule has 0 spiro atoms. The number of carbonyl (C=O) groups excluding carboxylic acids is 1. The molecular formula is C21H21N3O. The number of carbonyl (C=O) groups is 1. The van der Waals surface area contributed by atoms with Crippen LogP contribution in [-0.2, 0) is 6.42 Å². The molecule has 1 N–H and O–H groups in total. The fraction of sp³-hybridized carbons (Fsp3) is 0.238. The van der Waals surface area contributed by atoms with Crippen molar-refractivity contribution in [3.05, 3.63) is 72.2 Å². The van der Waals surface area contributed by atoms with Crippen LogP contribution in [-0.4, -0.2) is 15.3 Å². The molecule has 0 radical (unpaired) electrons. The highest BCUT2D eigenvalue weighted by Gasteiger charge is 2.35. The first kappa shape index (κ1) is 15.6. The molecule has 0 fully saturated rings. The molecule has 0 saturated heterocycles. The van der Waals surface area contributed by atoms with Gasteiger partial charge in [0.05, 0.1) is 11.3 Å². The van der Waals surface area contributed by atoms with E-state index in [1.165, 1.54) is 0 Å². The Balaban J connectivity index is 1.86. The van der Waals surface area contributed by atoms with Gasteiger partial charge in [-0.3, -0.25) is 4.79 Å². The van der Waals surface area contributed by atoms with Crippen LogP contribution in [0.3, 0.4) is 0 Å². The van der Waals surface area contributed by atoms with Crippen LogP contribution in [0.1, 0.15) is 36.3 Å². The van der Waals surface area contributed by atoms with Crippen molar-refractivity contribution in [2.75, 3.05) is 5.32 Å². The predicted molar refractivity (Wildman–Crippen MR) is 99.7 cm³/mol. The molecule has 2 aromatic heterocycles. The smallest absolute Gasteiger partial charge is 0.167 e. The third-order valence-electron chi connectivity index (χ3n) is 4.62. The Morgan fingerprint density at radius 1 is 1.04 bits per heavy atom.